The first-order valence-corrected chi connectivity index (χ1v) is 11.8. The molecular weight excluding hydrogens is 434 g/mol. The number of rotatable bonds is 8. The van der Waals surface area contributed by atoms with E-state index >= 15 is 0 Å². The van der Waals surface area contributed by atoms with E-state index in [2.05, 4.69) is 11.8 Å². The molecule has 3 atom stereocenters. The van der Waals surface area contributed by atoms with Crippen molar-refractivity contribution in [2.45, 2.75) is 38.3 Å². The second kappa shape index (κ2) is 12.2. The fraction of sp³-hybridized carbons (Fsp3) is 0.333. The Bertz CT molecular complexity index is 1060. The van der Waals surface area contributed by atoms with E-state index in [-0.39, 0.29) is 23.8 Å². The molecular formula is C27H29NO4S. The molecule has 0 aliphatic carbocycles. The molecule has 33 heavy (non-hydrogen) atoms. The molecule has 172 valence electrons. The zero-order valence-electron chi connectivity index (χ0n) is 18.9. The summed E-state index contributed by atoms with van der Waals surface area (Å²) >= 11 is 1.35. The number of hydrogen-bond donors (Lipinski definition) is 1. The third kappa shape index (κ3) is 7.18. The normalized spacial score (nSPS) is 17.8. The summed E-state index contributed by atoms with van der Waals surface area (Å²) in [6.45, 7) is 2.45. The number of thiophene rings is 1. The molecule has 1 aromatic carbocycles. The van der Waals surface area contributed by atoms with Gasteiger partial charge in [0.15, 0.2) is 0 Å². The quantitative estimate of drug-likeness (QED) is 0.355. The number of carbonyl (C=O) groups excluding carboxylic acids is 2. The van der Waals surface area contributed by atoms with Crippen LogP contribution in [0.4, 0.5) is 0 Å². The van der Waals surface area contributed by atoms with Crippen LogP contribution in [0.3, 0.4) is 0 Å². The maximum atomic E-state index is 12.3. The zero-order chi connectivity index (χ0) is 23.6. The van der Waals surface area contributed by atoms with Gasteiger partial charge >= 0.3 is 5.97 Å². The van der Waals surface area contributed by atoms with Crippen molar-refractivity contribution in [3.05, 3.63) is 76.0 Å². The maximum absolute atomic E-state index is 12.3. The van der Waals surface area contributed by atoms with Crippen LogP contribution in [-0.2, 0) is 9.53 Å². The molecule has 1 fully saturated rings. The van der Waals surface area contributed by atoms with Gasteiger partial charge in [-0.1, -0.05) is 55.2 Å². The van der Waals surface area contributed by atoms with Crippen molar-refractivity contribution in [1.82, 2.24) is 4.90 Å². The Hall–Kier alpha value is -3.14. The van der Waals surface area contributed by atoms with Gasteiger partial charge in [0.25, 0.3) is 0 Å². The number of hydrogen-bond acceptors (Lipinski definition) is 5. The summed E-state index contributed by atoms with van der Waals surface area (Å²) in [5.41, 5.74) is 0.965. The van der Waals surface area contributed by atoms with Crippen LogP contribution in [0.25, 0.3) is 6.08 Å². The average molecular weight is 464 g/mol. The molecule has 1 aromatic heterocycles. The highest BCUT2D eigenvalue weighted by Gasteiger charge is 2.28. The number of benzene rings is 1. The third-order valence-electron chi connectivity index (χ3n) is 5.52. The molecule has 1 aliphatic rings. The molecule has 0 bridgehead atoms. The van der Waals surface area contributed by atoms with Gasteiger partial charge in [0.2, 0.25) is 5.91 Å². The van der Waals surface area contributed by atoms with E-state index in [4.69, 9.17) is 4.74 Å². The van der Waals surface area contributed by atoms with Gasteiger partial charge < -0.3 is 14.7 Å². The smallest absolute Gasteiger partial charge is 0.348 e. The predicted octanol–water partition coefficient (Wildman–Crippen LogP) is 4.53. The average Bonchev–Trinajstić information content (AvgIpc) is 3.44. The van der Waals surface area contributed by atoms with E-state index in [0.29, 0.717) is 24.3 Å². The van der Waals surface area contributed by atoms with Crippen LogP contribution in [0.2, 0.25) is 0 Å². The van der Waals surface area contributed by atoms with Crippen LogP contribution in [0.5, 0.6) is 0 Å². The molecule has 3 unspecified atom stereocenters. The van der Waals surface area contributed by atoms with Crippen molar-refractivity contribution in [3.63, 3.8) is 0 Å². The fourth-order valence-electron chi connectivity index (χ4n) is 3.52. The number of carbonyl (C=O) groups is 2. The SMILES string of the molecule is COC(=O)c1ccc(C=CCN2C(=O)CCC2C=CC(O)C(C)CC#Cc2ccccc2)s1. The van der Waals surface area contributed by atoms with Gasteiger partial charge in [-0.2, -0.15) is 0 Å². The van der Waals surface area contributed by atoms with E-state index in [0.717, 1.165) is 16.9 Å². The molecule has 1 amide bonds. The second-order valence-corrected chi connectivity index (χ2v) is 9.09. The number of ether oxygens (including phenoxy) is 1. The highest BCUT2D eigenvalue weighted by atomic mass is 32.1. The van der Waals surface area contributed by atoms with Crippen LogP contribution >= 0.6 is 11.3 Å². The Labute approximate surface area is 199 Å². The zero-order valence-corrected chi connectivity index (χ0v) is 19.8. The Morgan fingerprint density at radius 3 is 2.85 bits per heavy atom. The van der Waals surface area contributed by atoms with Crippen molar-refractivity contribution in [2.75, 3.05) is 13.7 Å². The van der Waals surface area contributed by atoms with Crippen LogP contribution in [0.15, 0.2) is 60.7 Å². The number of amides is 1. The standard InChI is InChI=1S/C27H29NO4S/c1-20(8-6-11-21-9-4-3-5-10-21)24(29)16-13-22-14-18-26(30)28(22)19-7-12-23-15-17-25(33-23)27(31)32-2/h3-5,7,9-10,12-13,15-17,20,22,24,29H,8,14,18-19H2,1-2H3. The molecule has 0 radical (unpaired) electrons. The molecule has 3 rings (SSSR count). The van der Waals surface area contributed by atoms with Crippen molar-refractivity contribution in [3.8, 4) is 11.8 Å². The van der Waals surface area contributed by atoms with Crippen LogP contribution in [0.1, 0.15) is 46.3 Å². The lowest BCUT2D eigenvalue weighted by Crippen LogP contribution is -2.32. The van der Waals surface area contributed by atoms with Gasteiger partial charge in [0.1, 0.15) is 4.88 Å². The molecule has 0 saturated carbocycles. The van der Waals surface area contributed by atoms with Gasteiger partial charge in [-0.3, -0.25) is 4.79 Å². The van der Waals surface area contributed by atoms with Crippen LogP contribution < -0.4 is 0 Å². The van der Waals surface area contributed by atoms with E-state index in [1.54, 1.807) is 12.1 Å². The summed E-state index contributed by atoms with van der Waals surface area (Å²) in [5.74, 6) is 6.00. The number of methoxy groups -OCH3 is 1. The Balaban J connectivity index is 1.52. The Morgan fingerprint density at radius 1 is 1.30 bits per heavy atom. The highest BCUT2D eigenvalue weighted by molar-refractivity contribution is 7.14. The summed E-state index contributed by atoms with van der Waals surface area (Å²) < 4.78 is 4.73. The van der Waals surface area contributed by atoms with Crippen molar-refractivity contribution >= 4 is 29.3 Å². The van der Waals surface area contributed by atoms with E-state index in [1.807, 2.05) is 66.4 Å². The van der Waals surface area contributed by atoms with Crippen molar-refractivity contribution in [2.24, 2.45) is 5.92 Å². The topological polar surface area (TPSA) is 66.8 Å². The van der Waals surface area contributed by atoms with Crippen molar-refractivity contribution in [1.29, 1.82) is 0 Å². The molecule has 2 aromatic rings. The lowest BCUT2D eigenvalue weighted by Gasteiger charge is -2.21. The first kappa shape index (κ1) is 24.5. The largest absolute Gasteiger partial charge is 0.465 e. The molecule has 1 N–H and O–H groups in total. The molecule has 6 heteroatoms. The minimum absolute atomic E-state index is 0.00857. The Morgan fingerprint density at radius 2 is 2.09 bits per heavy atom. The van der Waals surface area contributed by atoms with Gasteiger partial charge in [-0.05, 0) is 42.7 Å². The Kier molecular flexibility index (Phi) is 9.05. The lowest BCUT2D eigenvalue weighted by atomic mass is 9.99. The first-order chi connectivity index (χ1) is 16.0. The van der Waals surface area contributed by atoms with E-state index in [1.165, 1.54) is 18.4 Å². The molecule has 2 heterocycles. The number of aliphatic hydroxyl groups is 1. The van der Waals surface area contributed by atoms with Gasteiger partial charge in [0, 0.05) is 29.8 Å². The predicted molar refractivity (Wildman–Crippen MR) is 132 cm³/mol. The van der Waals surface area contributed by atoms with Gasteiger partial charge in [0.05, 0.1) is 19.3 Å². The maximum Gasteiger partial charge on any atom is 0.348 e. The highest BCUT2D eigenvalue weighted by Crippen LogP contribution is 2.22. The summed E-state index contributed by atoms with van der Waals surface area (Å²) in [6, 6.07) is 13.3. The number of esters is 1. The number of nitrogens with zero attached hydrogens (tertiary/aromatic N) is 1. The van der Waals surface area contributed by atoms with Crippen LogP contribution in [-0.4, -0.2) is 47.7 Å². The molecule has 5 nitrogen and oxygen atoms in total. The van der Waals surface area contributed by atoms with Crippen LogP contribution in [0, 0.1) is 17.8 Å². The van der Waals surface area contributed by atoms with Crippen molar-refractivity contribution < 1.29 is 19.4 Å². The third-order valence-corrected chi connectivity index (χ3v) is 6.55. The van der Waals surface area contributed by atoms with E-state index < -0.39 is 6.10 Å². The minimum atomic E-state index is -0.619. The summed E-state index contributed by atoms with van der Waals surface area (Å²) in [4.78, 5) is 27.2. The van der Waals surface area contributed by atoms with Gasteiger partial charge in [-0.15, -0.1) is 11.3 Å². The monoisotopic (exact) mass is 463 g/mol. The fourth-order valence-corrected chi connectivity index (χ4v) is 4.37. The number of likely N-dealkylation sites (tertiary alicyclic amines) is 1. The number of aliphatic hydroxyl groups excluding tert-OH is 1. The second-order valence-electron chi connectivity index (χ2n) is 7.97. The summed E-state index contributed by atoms with van der Waals surface area (Å²) in [7, 11) is 1.36. The summed E-state index contributed by atoms with van der Waals surface area (Å²) in [6.07, 6.45) is 8.77. The molecule has 0 spiro atoms. The van der Waals surface area contributed by atoms with Gasteiger partial charge in [-0.25, -0.2) is 4.79 Å². The first-order valence-electron chi connectivity index (χ1n) is 11.0. The molecule has 1 aliphatic heterocycles. The molecule has 1 saturated heterocycles. The minimum Gasteiger partial charge on any atom is -0.465 e. The summed E-state index contributed by atoms with van der Waals surface area (Å²) in [5, 5.41) is 10.5. The van der Waals surface area contributed by atoms with E-state index in [9.17, 15) is 14.7 Å². The lowest BCUT2D eigenvalue weighted by molar-refractivity contribution is -0.127.